The van der Waals surface area contributed by atoms with Crippen LogP contribution in [0.15, 0.2) is 48.1 Å². The monoisotopic (exact) mass is 381 g/mol. The van der Waals surface area contributed by atoms with Crippen LogP contribution >= 0.6 is 11.3 Å². The van der Waals surface area contributed by atoms with Crippen LogP contribution in [0.25, 0.3) is 5.13 Å². The fourth-order valence-corrected chi connectivity index (χ4v) is 3.01. The molecule has 0 unspecified atom stereocenters. The first-order valence-electron chi connectivity index (χ1n) is 7.59. The number of hydrogen-bond acceptors (Lipinski definition) is 4. The molecule has 1 aromatic carbocycles. The van der Waals surface area contributed by atoms with Gasteiger partial charge in [0.2, 0.25) is 5.13 Å². The van der Waals surface area contributed by atoms with Gasteiger partial charge in [-0.15, -0.1) is 11.3 Å². The molecule has 0 saturated carbocycles. The van der Waals surface area contributed by atoms with Crippen molar-refractivity contribution in [1.82, 2.24) is 20.1 Å². The van der Waals surface area contributed by atoms with Gasteiger partial charge in [0.25, 0.3) is 0 Å². The van der Waals surface area contributed by atoms with Crippen molar-refractivity contribution in [2.75, 3.05) is 11.9 Å². The number of halogens is 3. The van der Waals surface area contributed by atoms with Crippen molar-refractivity contribution in [2.24, 2.45) is 0 Å². The number of hydrogen-bond donors (Lipinski definition) is 2. The van der Waals surface area contributed by atoms with Gasteiger partial charge in [-0.05, 0) is 18.2 Å². The zero-order valence-corrected chi connectivity index (χ0v) is 14.1. The number of carbonyl (C=O) groups excluding carboxylic acids is 1. The highest BCUT2D eigenvalue weighted by Gasteiger charge is 2.33. The maximum Gasteiger partial charge on any atom is 0.418 e. The minimum atomic E-state index is -4.53. The van der Waals surface area contributed by atoms with Crippen LogP contribution in [0.4, 0.5) is 23.7 Å². The van der Waals surface area contributed by atoms with Crippen LogP contribution in [-0.4, -0.2) is 27.3 Å². The van der Waals surface area contributed by atoms with Gasteiger partial charge in [-0.3, -0.25) is 0 Å². The molecule has 0 fully saturated rings. The number of amides is 2. The fourth-order valence-electron chi connectivity index (χ4n) is 2.21. The largest absolute Gasteiger partial charge is 0.418 e. The van der Waals surface area contributed by atoms with Gasteiger partial charge in [-0.1, -0.05) is 12.1 Å². The van der Waals surface area contributed by atoms with E-state index in [-0.39, 0.29) is 12.2 Å². The lowest BCUT2D eigenvalue weighted by molar-refractivity contribution is -0.136. The molecule has 0 aliphatic heterocycles. The van der Waals surface area contributed by atoms with Crippen LogP contribution in [0.2, 0.25) is 0 Å². The zero-order valence-electron chi connectivity index (χ0n) is 13.3. The smallest absolute Gasteiger partial charge is 0.337 e. The number of nitrogens with one attached hydrogen (secondary N) is 2. The summed E-state index contributed by atoms with van der Waals surface area (Å²) in [5.41, 5.74) is -0.415. The van der Waals surface area contributed by atoms with E-state index in [1.807, 2.05) is 5.38 Å². The Kier molecular flexibility index (Phi) is 5.21. The number of thiazole rings is 1. The molecule has 0 saturated heterocycles. The molecule has 2 heterocycles. The topological polar surface area (TPSA) is 71.8 Å². The van der Waals surface area contributed by atoms with Gasteiger partial charge in [0, 0.05) is 30.7 Å². The Morgan fingerprint density at radius 2 is 2.04 bits per heavy atom. The van der Waals surface area contributed by atoms with E-state index in [1.165, 1.54) is 29.5 Å². The number of urea groups is 1. The third-order valence-corrected chi connectivity index (χ3v) is 4.27. The number of rotatable bonds is 5. The number of nitrogens with zero attached hydrogens (tertiary/aromatic N) is 3. The van der Waals surface area contributed by atoms with Crippen LogP contribution in [-0.2, 0) is 12.6 Å². The maximum absolute atomic E-state index is 12.9. The SMILES string of the molecule is O=C(NCCc1csc(-n2cccn2)n1)Nc1ccccc1C(F)(F)F. The normalized spacial score (nSPS) is 11.3. The number of aromatic nitrogens is 3. The summed E-state index contributed by atoms with van der Waals surface area (Å²) in [7, 11) is 0. The minimum absolute atomic E-state index is 0.238. The average Bonchev–Trinajstić information content (AvgIpc) is 3.25. The predicted molar refractivity (Wildman–Crippen MR) is 91.4 cm³/mol. The molecule has 26 heavy (non-hydrogen) atoms. The molecule has 0 radical (unpaired) electrons. The summed E-state index contributed by atoms with van der Waals surface area (Å²) in [6.45, 7) is 0.238. The third kappa shape index (κ3) is 4.39. The van der Waals surface area contributed by atoms with Crippen molar-refractivity contribution >= 4 is 23.1 Å². The number of alkyl halides is 3. The molecule has 2 aromatic heterocycles. The summed E-state index contributed by atoms with van der Waals surface area (Å²) in [4.78, 5) is 16.2. The lowest BCUT2D eigenvalue weighted by Gasteiger charge is -2.13. The van der Waals surface area contributed by atoms with Crippen molar-refractivity contribution in [3.05, 3.63) is 59.4 Å². The molecule has 0 aliphatic carbocycles. The van der Waals surface area contributed by atoms with Gasteiger partial charge in [-0.2, -0.15) is 18.3 Å². The Hall–Kier alpha value is -2.88. The first kappa shape index (κ1) is 17.9. The molecule has 0 spiro atoms. The molecule has 0 bridgehead atoms. The van der Waals surface area contributed by atoms with E-state index in [0.29, 0.717) is 11.6 Å². The first-order chi connectivity index (χ1) is 12.4. The summed E-state index contributed by atoms with van der Waals surface area (Å²) < 4.78 is 40.3. The van der Waals surface area contributed by atoms with Crippen molar-refractivity contribution in [2.45, 2.75) is 12.6 Å². The molecular formula is C16H14F3N5OS. The lowest BCUT2D eigenvalue weighted by Crippen LogP contribution is -2.31. The first-order valence-corrected chi connectivity index (χ1v) is 8.47. The molecular weight excluding hydrogens is 367 g/mol. The Bertz CT molecular complexity index is 876. The Labute approximate surface area is 150 Å². The van der Waals surface area contributed by atoms with E-state index in [0.717, 1.165) is 11.8 Å². The number of benzene rings is 1. The van der Waals surface area contributed by atoms with Crippen LogP contribution in [0, 0.1) is 0 Å². The summed E-state index contributed by atoms with van der Waals surface area (Å²) in [6.07, 6.45) is -0.669. The Balaban J connectivity index is 1.53. The van der Waals surface area contributed by atoms with E-state index in [9.17, 15) is 18.0 Å². The second kappa shape index (κ2) is 7.56. The van der Waals surface area contributed by atoms with Gasteiger partial charge in [0.15, 0.2) is 0 Å². The highest BCUT2D eigenvalue weighted by molar-refractivity contribution is 7.12. The Morgan fingerprint density at radius 1 is 1.23 bits per heavy atom. The number of carbonyl (C=O) groups is 1. The van der Waals surface area contributed by atoms with E-state index < -0.39 is 17.8 Å². The van der Waals surface area contributed by atoms with Crippen LogP contribution < -0.4 is 10.6 Å². The second-order valence-corrected chi connectivity index (χ2v) is 6.08. The lowest BCUT2D eigenvalue weighted by atomic mass is 10.1. The summed E-state index contributed by atoms with van der Waals surface area (Å²) in [5, 5.41) is 11.4. The van der Waals surface area contributed by atoms with Crippen LogP contribution in [0.3, 0.4) is 0 Å². The van der Waals surface area contributed by atoms with Gasteiger partial charge in [0.1, 0.15) is 0 Å². The van der Waals surface area contributed by atoms with Crippen molar-refractivity contribution < 1.29 is 18.0 Å². The van der Waals surface area contributed by atoms with Gasteiger partial charge >= 0.3 is 12.2 Å². The summed E-state index contributed by atoms with van der Waals surface area (Å²) in [5.74, 6) is 0. The minimum Gasteiger partial charge on any atom is -0.337 e. The van der Waals surface area contributed by atoms with E-state index in [4.69, 9.17) is 0 Å². The maximum atomic E-state index is 12.9. The molecule has 0 aliphatic rings. The quantitative estimate of drug-likeness (QED) is 0.708. The third-order valence-electron chi connectivity index (χ3n) is 3.39. The summed E-state index contributed by atoms with van der Waals surface area (Å²) in [6, 6.07) is 5.90. The molecule has 3 aromatic rings. The van der Waals surface area contributed by atoms with Gasteiger partial charge in [0.05, 0.1) is 16.9 Å². The molecule has 136 valence electrons. The van der Waals surface area contributed by atoms with Gasteiger partial charge in [-0.25, -0.2) is 14.5 Å². The standard InChI is InChI=1S/C16H14F3N5OS/c17-16(18,19)12-4-1-2-5-13(12)23-14(25)20-8-6-11-10-26-15(22-11)24-9-3-7-21-24/h1-5,7,9-10H,6,8H2,(H2,20,23,25). The summed E-state index contributed by atoms with van der Waals surface area (Å²) >= 11 is 1.41. The molecule has 3 rings (SSSR count). The van der Waals surface area contributed by atoms with E-state index in [1.54, 1.807) is 23.1 Å². The molecule has 6 nitrogen and oxygen atoms in total. The van der Waals surface area contributed by atoms with Gasteiger partial charge < -0.3 is 10.6 Å². The van der Waals surface area contributed by atoms with Crippen molar-refractivity contribution in [3.8, 4) is 5.13 Å². The zero-order chi connectivity index (χ0) is 18.6. The highest BCUT2D eigenvalue weighted by Crippen LogP contribution is 2.34. The van der Waals surface area contributed by atoms with E-state index in [2.05, 4.69) is 20.7 Å². The molecule has 10 heteroatoms. The molecule has 0 atom stereocenters. The highest BCUT2D eigenvalue weighted by atomic mass is 32.1. The molecule has 2 amide bonds. The van der Waals surface area contributed by atoms with Crippen LogP contribution in [0.5, 0.6) is 0 Å². The van der Waals surface area contributed by atoms with E-state index >= 15 is 0 Å². The fraction of sp³-hybridized carbons (Fsp3) is 0.188. The Morgan fingerprint density at radius 3 is 2.77 bits per heavy atom. The van der Waals surface area contributed by atoms with Crippen molar-refractivity contribution in [1.29, 1.82) is 0 Å². The second-order valence-electron chi connectivity index (χ2n) is 5.25. The van der Waals surface area contributed by atoms with Crippen molar-refractivity contribution in [3.63, 3.8) is 0 Å². The number of anilines is 1. The predicted octanol–water partition coefficient (Wildman–Crippen LogP) is 3.71. The average molecular weight is 381 g/mol. The van der Waals surface area contributed by atoms with Crippen LogP contribution in [0.1, 0.15) is 11.3 Å². The molecule has 2 N–H and O–H groups in total. The number of para-hydroxylation sites is 1.